The van der Waals surface area contributed by atoms with Gasteiger partial charge in [-0.15, -0.1) is 11.3 Å². The lowest BCUT2D eigenvalue weighted by molar-refractivity contribution is -0.133. The highest BCUT2D eigenvalue weighted by molar-refractivity contribution is 7.88. The van der Waals surface area contributed by atoms with E-state index in [-0.39, 0.29) is 23.9 Å². The molecule has 1 aromatic heterocycles. The number of sulfonamides is 1. The molecular weight excluding hydrogens is 382 g/mol. The number of hydrogen-bond donors (Lipinski definition) is 1. The lowest BCUT2D eigenvalue weighted by Crippen LogP contribution is -2.48. The molecule has 0 bridgehead atoms. The van der Waals surface area contributed by atoms with Crippen molar-refractivity contribution in [1.29, 1.82) is 0 Å². The van der Waals surface area contributed by atoms with Gasteiger partial charge in [0.2, 0.25) is 15.9 Å². The SMILES string of the molecule is CS(=O)(=O)NC1CCN(C(=O)C2CC2)C1Cc1csc(-c2ccccc2)n1. The van der Waals surface area contributed by atoms with Crippen LogP contribution in [0.5, 0.6) is 0 Å². The molecule has 0 radical (unpaired) electrons. The number of benzene rings is 1. The highest BCUT2D eigenvalue weighted by Crippen LogP contribution is 2.35. The number of carbonyl (C=O) groups is 1. The summed E-state index contributed by atoms with van der Waals surface area (Å²) in [6.07, 6.45) is 4.27. The second-order valence-corrected chi connectivity index (χ2v) is 10.0. The van der Waals surface area contributed by atoms with Crippen LogP contribution >= 0.6 is 11.3 Å². The summed E-state index contributed by atoms with van der Waals surface area (Å²) in [5.74, 6) is 0.288. The van der Waals surface area contributed by atoms with Crippen LogP contribution in [0.3, 0.4) is 0 Å². The molecule has 2 aromatic rings. The molecule has 2 atom stereocenters. The summed E-state index contributed by atoms with van der Waals surface area (Å²) in [6, 6.07) is 9.54. The topological polar surface area (TPSA) is 79.4 Å². The van der Waals surface area contributed by atoms with Gasteiger partial charge in [-0.3, -0.25) is 4.79 Å². The van der Waals surface area contributed by atoms with Crippen LogP contribution in [-0.2, 0) is 21.2 Å². The van der Waals surface area contributed by atoms with Crippen LogP contribution in [0, 0.1) is 5.92 Å². The summed E-state index contributed by atoms with van der Waals surface area (Å²) in [7, 11) is -3.33. The summed E-state index contributed by atoms with van der Waals surface area (Å²) in [5, 5.41) is 2.95. The predicted molar refractivity (Wildman–Crippen MR) is 106 cm³/mol. The van der Waals surface area contributed by atoms with E-state index >= 15 is 0 Å². The smallest absolute Gasteiger partial charge is 0.225 e. The second-order valence-electron chi connectivity index (χ2n) is 7.37. The first-order chi connectivity index (χ1) is 12.9. The van der Waals surface area contributed by atoms with Crippen molar-refractivity contribution < 1.29 is 13.2 Å². The van der Waals surface area contributed by atoms with Gasteiger partial charge < -0.3 is 4.90 Å². The molecule has 144 valence electrons. The van der Waals surface area contributed by atoms with Crippen LogP contribution in [0.15, 0.2) is 35.7 Å². The fourth-order valence-corrected chi connectivity index (χ4v) is 5.35. The summed E-state index contributed by atoms with van der Waals surface area (Å²) in [6.45, 7) is 0.600. The van der Waals surface area contributed by atoms with Crippen LogP contribution < -0.4 is 4.72 Å². The van der Waals surface area contributed by atoms with E-state index in [1.165, 1.54) is 6.26 Å². The van der Waals surface area contributed by atoms with Gasteiger partial charge in [-0.25, -0.2) is 18.1 Å². The highest BCUT2D eigenvalue weighted by Gasteiger charge is 2.43. The average molecular weight is 406 g/mol. The minimum atomic E-state index is -3.33. The number of carbonyl (C=O) groups excluding carboxylic acids is 1. The molecule has 1 aliphatic carbocycles. The Morgan fingerprint density at radius 2 is 2.00 bits per heavy atom. The largest absolute Gasteiger partial charge is 0.337 e. The van der Waals surface area contributed by atoms with Gasteiger partial charge in [0.1, 0.15) is 5.01 Å². The van der Waals surface area contributed by atoms with Crippen LogP contribution in [0.4, 0.5) is 0 Å². The van der Waals surface area contributed by atoms with Crippen LogP contribution in [-0.4, -0.2) is 49.1 Å². The van der Waals surface area contributed by atoms with Crippen molar-refractivity contribution in [3.63, 3.8) is 0 Å². The first kappa shape index (κ1) is 18.6. The third-order valence-electron chi connectivity index (χ3n) is 5.11. The molecular formula is C19H23N3O3S2. The van der Waals surface area contributed by atoms with Crippen molar-refractivity contribution in [3.8, 4) is 10.6 Å². The molecule has 1 saturated heterocycles. The quantitative estimate of drug-likeness (QED) is 0.800. The maximum atomic E-state index is 12.7. The highest BCUT2D eigenvalue weighted by atomic mass is 32.2. The number of nitrogens with zero attached hydrogens (tertiary/aromatic N) is 2. The Bertz CT molecular complexity index is 923. The van der Waals surface area contributed by atoms with Crippen LogP contribution in [0.2, 0.25) is 0 Å². The molecule has 1 N–H and O–H groups in total. The van der Waals surface area contributed by atoms with Crippen molar-refractivity contribution in [2.75, 3.05) is 12.8 Å². The predicted octanol–water partition coefficient (Wildman–Crippen LogP) is 2.28. The Labute approximate surface area is 163 Å². The van der Waals surface area contributed by atoms with Crippen molar-refractivity contribution in [1.82, 2.24) is 14.6 Å². The molecule has 1 saturated carbocycles. The van der Waals surface area contributed by atoms with E-state index in [2.05, 4.69) is 4.72 Å². The minimum absolute atomic E-state index is 0.125. The first-order valence-corrected chi connectivity index (χ1v) is 12.0. The van der Waals surface area contributed by atoms with Crippen LogP contribution in [0.25, 0.3) is 10.6 Å². The zero-order chi connectivity index (χ0) is 19.0. The van der Waals surface area contributed by atoms with E-state index < -0.39 is 10.0 Å². The van der Waals surface area contributed by atoms with E-state index in [4.69, 9.17) is 4.98 Å². The number of aromatic nitrogens is 1. The Kier molecular flexibility index (Phi) is 5.05. The van der Waals surface area contributed by atoms with E-state index in [9.17, 15) is 13.2 Å². The second kappa shape index (κ2) is 7.33. The maximum absolute atomic E-state index is 12.7. The molecule has 8 heteroatoms. The Morgan fingerprint density at radius 3 is 2.67 bits per heavy atom. The van der Waals surface area contributed by atoms with Gasteiger partial charge >= 0.3 is 0 Å². The summed E-state index contributed by atoms with van der Waals surface area (Å²) in [5.41, 5.74) is 1.97. The van der Waals surface area contributed by atoms with Crippen molar-refractivity contribution in [3.05, 3.63) is 41.4 Å². The molecule has 0 spiro atoms. The third kappa shape index (κ3) is 4.39. The zero-order valence-corrected chi connectivity index (χ0v) is 16.8. The van der Waals surface area contributed by atoms with Gasteiger partial charge in [0, 0.05) is 35.9 Å². The van der Waals surface area contributed by atoms with Gasteiger partial charge in [0.15, 0.2) is 0 Å². The fourth-order valence-electron chi connectivity index (χ4n) is 3.69. The molecule has 1 aromatic carbocycles. The maximum Gasteiger partial charge on any atom is 0.225 e. The minimum Gasteiger partial charge on any atom is -0.337 e. The normalized spacial score (nSPS) is 22.9. The third-order valence-corrected chi connectivity index (χ3v) is 6.78. The number of amides is 1. The van der Waals surface area contributed by atoms with E-state index in [1.807, 2.05) is 40.6 Å². The van der Waals surface area contributed by atoms with E-state index in [0.29, 0.717) is 19.4 Å². The number of nitrogens with one attached hydrogen (secondary N) is 1. The zero-order valence-electron chi connectivity index (χ0n) is 15.2. The fraction of sp³-hybridized carbons (Fsp3) is 0.474. The monoisotopic (exact) mass is 405 g/mol. The summed E-state index contributed by atoms with van der Waals surface area (Å²) < 4.78 is 26.3. The standard InChI is InChI=1S/C19H23N3O3S2/c1-27(24,25)21-16-9-10-22(19(23)14-7-8-14)17(16)11-15-12-26-18(20-15)13-5-3-2-4-6-13/h2-6,12,14,16-17,21H,7-11H2,1H3. The van der Waals surface area contributed by atoms with Crippen molar-refractivity contribution >= 4 is 27.3 Å². The van der Waals surface area contributed by atoms with Crippen LogP contribution in [0.1, 0.15) is 25.0 Å². The molecule has 1 amide bonds. The van der Waals surface area contributed by atoms with Gasteiger partial charge in [-0.2, -0.15) is 0 Å². The molecule has 2 aliphatic rings. The molecule has 2 fully saturated rings. The Balaban J connectivity index is 1.55. The number of likely N-dealkylation sites (tertiary alicyclic amines) is 1. The van der Waals surface area contributed by atoms with E-state index in [1.54, 1.807) is 11.3 Å². The van der Waals surface area contributed by atoms with Crippen molar-refractivity contribution in [2.24, 2.45) is 5.92 Å². The lowest BCUT2D eigenvalue weighted by atomic mass is 10.0. The summed E-state index contributed by atoms with van der Waals surface area (Å²) in [4.78, 5) is 19.3. The van der Waals surface area contributed by atoms with Gasteiger partial charge in [-0.1, -0.05) is 30.3 Å². The van der Waals surface area contributed by atoms with Crippen molar-refractivity contribution in [2.45, 2.75) is 37.8 Å². The summed E-state index contributed by atoms with van der Waals surface area (Å²) >= 11 is 1.58. The molecule has 6 nitrogen and oxygen atoms in total. The molecule has 2 unspecified atom stereocenters. The number of thiazole rings is 1. The Hall–Kier alpha value is -1.77. The molecule has 1 aliphatic heterocycles. The molecule has 4 rings (SSSR count). The average Bonchev–Trinajstić information content (AvgIpc) is 3.27. The first-order valence-electron chi connectivity index (χ1n) is 9.18. The lowest BCUT2D eigenvalue weighted by Gasteiger charge is -2.28. The molecule has 27 heavy (non-hydrogen) atoms. The van der Waals surface area contributed by atoms with E-state index in [0.717, 1.165) is 29.1 Å². The van der Waals surface area contributed by atoms with Gasteiger partial charge in [-0.05, 0) is 19.3 Å². The number of rotatable bonds is 6. The van der Waals surface area contributed by atoms with Gasteiger partial charge in [0.25, 0.3) is 0 Å². The molecule has 2 heterocycles. The Morgan fingerprint density at radius 1 is 1.26 bits per heavy atom. The van der Waals surface area contributed by atoms with Gasteiger partial charge in [0.05, 0.1) is 18.0 Å². The number of hydrogen-bond acceptors (Lipinski definition) is 5.